The Hall–Kier alpha value is -3.03. The predicted molar refractivity (Wildman–Crippen MR) is 92.5 cm³/mol. The second-order valence-corrected chi connectivity index (χ2v) is 5.76. The van der Waals surface area contributed by atoms with E-state index in [1.165, 1.54) is 14.2 Å². The fourth-order valence-electron chi connectivity index (χ4n) is 3.06. The summed E-state index contributed by atoms with van der Waals surface area (Å²) in [4.78, 5) is 26.8. The first kappa shape index (κ1) is 17.8. The van der Waals surface area contributed by atoms with Gasteiger partial charge in [0.2, 0.25) is 0 Å². The molecule has 3 rings (SSSR count). The maximum atomic E-state index is 13.1. The molecule has 0 bridgehead atoms. The minimum absolute atomic E-state index is 0.221. The van der Waals surface area contributed by atoms with E-state index < -0.39 is 5.97 Å². The molecule has 1 amide bonds. The number of methoxy groups -OCH3 is 2. The highest BCUT2D eigenvalue weighted by Gasteiger charge is 2.31. The van der Waals surface area contributed by atoms with Gasteiger partial charge in [0.15, 0.2) is 5.69 Å². The molecule has 0 saturated carbocycles. The van der Waals surface area contributed by atoms with Gasteiger partial charge in [-0.2, -0.15) is 5.10 Å². The van der Waals surface area contributed by atoms with Crippen LogP contribution in [0.2, 0.25) is 0 Å². The fraction of sp³-hybridized carbons (Fsp3) is 0.389. The summed E-state index contributed by atoms with van der Waals surface area (Å²) >= 11 is 0. The van der Waals surface area contributed by atoms with Crippen molar-refractivity contribution in [2.45, 2.75) is 19.9 Å². The Labute approximate surface area is 151 Å². The Morgan fingerprint density at radius 1 is 1.23 bits per heavy atom. The molecule has 1 aromatic heterocycles. The summed E-state index contributed by atoms with van der Waals surface area (Å²) in [6, 6.07) is 5.19. The first-order chi connectivity index (χ1) is 12.6. The number of fused-ring (bicyclic) bond motifs is 1. The molecule has 0 atom stereocenters. The minimum Gasteiger partial charge on any atom is -0.496 e. The van der Waals surface area contributed by atoms with Crippen LogP contribution in [0, 0.1) is 0 Å². The molecule has 0 unspecified atom stereocenters. The zero-order valence-electron chi connectivity index (χ0n) is 15.0. The van der Waals surface area contributed by atoms with E-state index in [2.05, 4.69) is 10.2 Å². The number of rotatable bonds is 5. The Morgan fingerprint density at radius 3 is 2.54 bits per heavy atom. The van der Waals surface area contributed by atoms with Gasteiger partial charge >= 0.3 is 5.97 Å². The number of aromatic amines is 1. The van der Waals surface area contributed by atoms with Gasteiger partial charge in [-0.3, -0.25) is 9.89 Å². The van der Waals surface area contributed by atoms with Crippen LogP contribution in [0.25, 0.3) is 0 Å². The van der Waals surface area contributed by atoms with Crippen molar-refractivity contribution in [2.24, 2.45) is 0 Å². The van der Waals surface area contributed by atoms with Crippen molar-refractivity contribution in [1.29, 1.82) is 0 Å². The van der Waals surface area contributed by atoms with E-state index in [0.717, 1.165) is 5.69 Å². The molecular weight excluding hydrogens is 338 g/mol. The third kappa shape index (κ3) is 3.10. The van der Waals surface area contributed by atoms with Crippen LogP contribution in [0.4, 0.5) is 0 Å². The second kappa shape index (κ2) is 7.47. The van der Waals surface area contributed by atoms with Crippen molar-refractivity contribution in [3.63, 3.8) is 0 Å². The lowest BCUT2D eigenvalue weighted by Crippen LogP contribution is -2.36. The topological polar surface area (TPSA) is 93.8 Å². The van der Waals surface area contributed by atoms with Gasteiger partial charge in [-0.1, -0.05) is 6.07 Å². The lowest BCUT2D eigenvalue weighted by molar-refractivity contribution is 0.0513. The van der Waals surface area contributed by atoms with Crippen molar-refractivity contribution in [1.82, 2.24) is 15.1 Å². The van der Waals surface area contributed by atoms with Crippen molar-refractivity contribution >= 4 is 11.9 Å². The highest BCUT2D eigenvalue weighted by molar-refractivity contribution is 6.00. The van der Waals surface area contributed by atoms with E-state index in [-0.39, 0.29) is 24.8 Å². The van der Waals surface area contributed by atoms with Crippen LogP contribution in [0.1, 0.15) is 39.0 Å². The normalized spacial score (nSPS) is 13.1. The molecule has 26 heavy (non-hydrogen) atoms. The maximum absolute atomic E-state index is 13.1. The van der Waals surface area contributed by atoms with Crippen molar-refractivity contribution in [3.8, 4) is 11.5 Å². The average molecular weight is 359 g/mol. The number of amides is 1. The molecule has 2 aromatic rings. The molecular formula is C18H21N3O5. The molecule has 8 nitrogen and oxygen atoms in total. The van der Waals surface area contributed by atoms with E-state index in [4.69, 9.17) is 14.2 Å². The van der Waals surface area contributed by atoms with Crippen LogP contribution in [0.15, 0.2) is 18.2 Å². The lowest BCUT2D eigenvalue weighted by Gasteiger charge is -2.28. The summed E-state index contributed by atoms with van der Waals surface area (Å²) in [7, 11) is 3.02. The van der Waals surface area contributed by atoms with Gasteiger partial charge in [-0.05, 0) is 19.1 Å². The molecule has 8 heteroatoms. The number of nitrogens with one attached hydrogen (secondary N) is 1. The van der Waals surface area contributed by atoms with Gasteiger partial charge in [0.05, 0.1) is 27.4 Å². The summed E-state index contributed by atoms with van der Waals surface area (Å²) in [5, 5.41) is 6.94. The zero-order chi connectivity index (χ0) is 18.7. The third-order valence-corrected chi connectivity index (χ3v) is 4.33. The van der Waals surface area contributed by atoms with E-state index in [1.807, 2.05) is 0 Å². The molecule has 0 aliphatic carbocycles. The molecule has 0 saturated heterocycles. The molecule has 0 spiro atoms. The average Bonchev–Trinajstić information content (AvgIpc) is 3.10. The highest BCUT2D eigenvalue weighted by Crippen LogP contribution is 2.31. The smallest absolute Gasteiger partial charge is 0.359 e. The fourth-order valence-corrected chi connectivity index (χ4v) is 3.06. The maximum Gasteiger partial charge on any atom is 0.359 e. The molecule has 2 heterocycles. The van der Waals surface area contributed by atoms with Crippen LogP contribution in [0.5, 0.6) is 11.5 Å². The number of aromatic nitrogens is 2. The molecule has 138 valence electrons. The largest absolute Gasteiger partial charge is 0.496 e. The van der Waals surface area contributed by atoms with Gasteiger partial charge in [-0.25, -0.2) is 4.79 Å². The third-order valence-electron chi connectivity index (χ3n) is 4.33. The van der Waals surface area contributed by atoms with Crippen molar-refractivity contribution in [2.75, 3.05) is 27.4 Å². The molecule has 1 aromatic carbocycles. The molecule has 1 aliphatic rings. The van der Waals surface area contributed by atoms with E-state index in [1.54, 1.807) is 30.0 Å². The van der Waals surface area contributed by atoms with Crippen LogP contribution < -0.4 is 9.47 Å². The first-order valence-electron chi connectivity index (χ1n) is 8.34. The quantitative estimate of drug-likeness (QED) is 0.818. The van der Waals surface area contributed by atoms with Gasteiger partial charge in [0.25, 0.3) is 5.91 Å². The van der Waals surface area contributed by atoms with Crippen LogP contribution in [-0.2, 0) is 17.7 Å². The van der Waals surface area contributed by atoms with Gasteiger partial charge < -0.3 is 19.1 Å². The van der Waals surface area contributed by atoms with Crippen molar-refractivity contribution in [3.05, 3.63) is 40.7 Å². The Morgan fingerprint density at radius 2 is 1.92 bits per heavy atom. The lowest BCUT2D eigenvalue weighted by atomic mass is 10.0. The van der Waals surface area contributed by atoms with Crippen LogP contribution >= 0.6 is 0 Å². The standard InChI is InChI=1S/C18H21N3O5/c1-4-26-18(23)16-11-10-21(9-8-12(11)19-20-16)17(22)15-13(24-2)6-5-7-14(15)25-3/h5-7H,4,8-10H2,1-3H3,(H,19,20). The summed E-state index contributed by atoms with van der Waals surface area (Å²) < 4.78 is 15.7. The van der Waals surface area contributed by atoms with E-state index in [9.17, 15) is 9.59 Å². The zero-order valence-corrected chi connectivity index (χ0v) is 15.0. The number of ether oxygens (including phenoxy) is 3. The number of esters is 1. The Bertz CT molecular complexity index is 808. The monoisotopic (exact) mass is 359 g/mol. The summed E-state index contributed by atoms with van der Waals surface area (Å²) in [6.07, 6.45) is 0.574. The van der Waals surface area contributed by atoms with E-state index in [0.29, 0.717) is 35.6 Å². The predicted octanol–water partition coefficient (Wildman–Crippen LogP) is 1.80. The number of hydrogen-bond donors (Lipinski definition) is 1. The van der Waals surface area contributed by atoms with Gasteiger partial charge in [-0.15, -0.1) is 0 Å². The van der Waals surface area contributed by atoms with Gasteiger partial charge in [0, 0.05) is 24.2 Å². The number of carbonyl (C=O) groups excluding carboxylic acids is 2. The number of carbonyl (C=O) groups is 2. The SMILES string of the molecule is CCOC(=O)c1n[nH]c2c1CN(C(=O)c1c(OC)cccc1OC)CC2. The summed E-state index contributed by atoms with van der Waals surface area (Å²) in [5.74, 6) is 0.172. The van der Waals surface area contributed by atoms with E-state index >= 15 is 0 Å². The summed E-state index contributed by atoms with van der Waals surface area (Å²) in [6.45, 7) is 2.76. The molecule has 0 radical (unpaired) electrons. The number of nitrogens with zero attached hydrogens (tertiary/aromatic N) is 2. The molecule has 0 fully saturated rings. The molecule has 1 N–H and O–H groups in total. The number of H-pyrrole nitrogens is 1. The Kier molecular flexibility index (Phi) is 5.11. The second-order valence-electron chi connectivity index (χ2n) is 5.76. The molecule has 1 aliphatic heterocycles. The van der Waals surface area contributed by atoms with Crippen LogP contribution in [-0.4, -0.2) is 54.3 Å². The summed E-state index contributed by atoms with van der Waals surface area (Å²) in [5.41, 5.74) is 2.13. The van der Waals surface area contributed by atoms with Crippen LogP contribution in [0.3, 0.4) is 0 Å². The van der Waals surface area contributed by atoms with Gasteiger partial charge in [0.1, 0.15) is 17.1 Å². The Balaban J connectivity index is 1.91. The number of benzene rings is 1. The highest BCUT2D eigenvalue weighted by atomic mass is 16.5. The number of hydrogen-bond acceptors (Lipinski definition) is 6. The first-order valence-corrected chi connectivity index (χ1v) is 8.34. The minimum atomic E-state index is -0.492. The van der Waals surface area contributed by atoms with Crippen molar-refractivity contribution < 1.29 is 23.8 Å².